The summed E-state index contributed by atoms with van der Waals surface area (Å²) in [6.45, 7) is 9.55. The summed E-state index contributed by atoms with van der Waals surface area (Å²) in [7, 11) is 1.62. The molecule has 0 spiro atoms. The molecule has 1 saturated heterocycles. The fourth-order valence-electron chi connectivity index (χ4n) is 6.25. The number of aromatic amines is 1. The number of aliphatic hydroxyl groups excluding tert-OH is 1. The Morgan fingerprint density at radius 2 is 1.38 bits per heavy atom. The van der Waals surface area contributed by atoms with Gasteiger partial charge in [0.1, 0.15) is 44.2 Å². The van der Waals surface area contributed by atoms with Gasteiger partial charge in [0.15, 0.2) is 5.35 Å². The number of H-pyrrole nitrogens is 1. The van der Waals surface area contributed by atoms with Gasteiger partial charge in [0, 0.05) is 12.3 Å². The van der Waals surface area contributed by atoms with Crippen LogP contribution in [0.15, 0.2) is 101 Å². The van der Waals surface area contributed by atoms with Gasteiger partial charge in [-0.3, -0.25) is 14.3 Å². The van der Waals surface area contributed by atoms with Gasteiger partial charge in [0.05, 0.1) is 26.4 Å². The third-order valence-electron chi connectivity index (χ3n) is 8.42. The first kappa shape index (κ1) is 34.3. The van der Waals surface area contributed by atoms with Crippen LogP contribution in [0.25, 0.3) is 0 Å². The van der Waals surface area contributed by atoms with Crippen molar-refractivity contribution in [1.29, 1.82) is 0 Å². The number of methoxy groups -OCH3 is 2. The minimum atomic E-state index is -1.62. The van der Waals surface area contributed by atoms with Crippen molar-refractivity contribution in [3.8, 4) is 11.5 Å². The predicted molar refractivity (Wildman–Crippen MR) is 181 cm³/mol. The topological polar surface area (TPSA) is 121 Å². The van der Waals surface area contributed by atoms with Crippen LogP contribution >= 0.6 is 0 Å². The van der Waals surface area contributed by atoms with E-state index >= 15 is 0 Å². The van der Waals surface area contributed by atoms with Crippen LogP contribution in [0.5, 0.6) is 11.5 Å². The molecule has 5 rings (SSSR count). The second kappa shape index (κ2) is 13.6. The molecule has 1 aliphatic heterocycles. The van der Waals surface area contributed by atoms with E-state index in [-0.39, 0.29) is 6.61 Å². The first-order valence-electron chi connectivity index (χ1n) is 15.5. The molecule has 0 unspecified atom stereocenters. The van der Waals surface area contributed by atoms with Gasteiger partial charge in [0.25, 0.3) is 5.56 Å². The molecule has 2 N–H and O–H groups in total. The first-order chi connectivity index (χ1) is 22.4. The van der Waals surface area contributed by atoms with Crippen molar-refractivity contribution in [2.24, 2.45) is 0 Å². The normalized spacial score (nSPS) is 21.6. The monoisotopic (exact) mass is 659 g/mol. The fraction of sp³-hybridized carbons (Fsp3) is 0.389. The molecule has 0 bridgehead atoms. The van der Waals surface area contributed by atoms with Crippen LogP contribution in [0.1, 0.15) is 37.5 Å². The number of rotatable bonds is 11. The summed E-state index contributed by atoms with van der Waals surface area (Å²) in [5.74, 6) is 1.39. The second-order valence-electron chi connectivity index (χ2n) is 12.8. The van der Waals surface area contributed by atoms with E-state index in [0.29, 0.717) is 11.5 Å². The molecule has 3 aromatic carbocycles. The van der Waals surface area contributed by atoms with Crippen molar-refractivity contribution < 1.29 is 28.8 Å². The zero-order chi connectivity index (χ0) is 34.0. The van der Waals surface area contributed by atoms with Crippen LogP contribution in [0.3, 0.4) is 0 Å². The average Bonchev–Trinajstić information content (AvgIpc) is 3.32. The molecule has 10 nitrogen and oxygen atoms in total. The molecular weight excluding hydrogens is 616 g/mol. The molecule has 0 aliphatic carbocycles. The smallest absolute Gasteiger partial charge is 0.330 e. The Kier molecular flexibility index (Phi) is 9.95. The number of aliphatic hydroxyl groups is 1. The van der Waals surface area contributed by atoms with Gasteiger partial charge in [-0.25, -0.2) is 4.79 Å². The van der Waals surface area contributed by atoms with Crippen molar-refractivity contribution in [3.05, 3.63) is 129 Å². The van der Waals surface area contributed by atoms with E-state index in [2.05, 4.69) is 4.98 Å². The molecule has 0 amide bonds. The molecule has 2 heterocycles. The Bertz CT molecular complexity index is 1700. The lowest BCUT2D eigenvalue weighted by Crippen LogP contribution is -2.60. The van der Waals surface area contributed by atoms with Crippen LogP contribution in [-0.4, -0.2) is 68.2 Å². The lowest BCUT2D eigenvalue weighted by atomic mass is 9.80. The lowest BCUT2D eigenvalue weighted by molar-refractivity contribution is -0.156. The summed E-state index contributed by atoms with van der Waals surface area (Å²) in [5, 5.41) is 10.6. The lowest BCUT2D eigenvalue weighted by Gasteiger charge is -2.41. The Balaban J connectivity index is 1.65. The zero-order valence-corrected chi connectivity index (χ0v) is 28.9. The van der Waals surface area contributed by atoms with Gasteiger partial charge >= 0.3 is 5.69 Å². The highest BCUT2D eigenvalue weighted by Gasteiger charge is 2.60. The number of benzene rings is 3. The Morgan fingerprint density at radius 1 is 0.851 bits per heavy atom. The minimum Gasteiger partial charge on any atom is -0.497 e. The maximum absolute atomic E-state index is 13.3. The molecule has 1 aromatic heterocycles. The predicted octanol–water partition coefficient (Wildman–Crippen LogP) is 4.45. The van der Waals surface area contributed by atoms with Gasteiger partial charge in [-0.05, 0) is 61.7 Å². The number of nitrogens with one attached hydrogen (secondary N) is 1. The summed E-state index contributed by atoms with van der Waals surface area (Å²) in [6, 6.07) is 26.4. The molecule has 1 fully saturated rings. The molecule has 47 heavy (non-hydrogen) atoms. The second-order valence-corrected chi connectivity index (χ2v) is 15.5. The highest BCUT2D eigenvalue weighted by molar-refractivity contribution is 6.58. The van der Waals surface area contributed by atoms with E-state index in [0.717, 1.165) is 16.7 Å². The van der Waals surface area contributed by atoms with E-state index < -0.39 is 54.9 Å². The molecule has 0 saturated carbocycles. The summed E-state index contributed by atoms with van der Waals surface area (Å²) >= 11 is 0. The third kappa shape index (κ3) is 6.59. The molecule has 4 aromatic rings. The SMILES string of the molecule is COc1ccc(C(OC[C@H]2O[C@](n3ccc(=O)[nH]c3=O)([Si](C)C)[C@H](OC(C)(C)C)[C@@H]2O)(c2ccccc2)c2ccc(OC)cc2)cc1. The van der Waals surface area contributed by atoms with Crippen molar-refractivity contribution in [3.63, 3.8) is 0 Å². The van der Waals surface area contributed by atoms with Crippen molar-refractivity contribution >= 4 is 8.80 Å². The summed E-state index contributed by atoms with van der Waals surface area (Å²) < 4.78 is 32.7. The Hall–Kier alpha value is -4.00. The highest BCUT2D eigenvalue weighted by Crippen LogP contribution is 2.45. The summed E-state index contributed by atoms with van der Waals surface area (Å²) in [5.41, 5.74) is -0.527. The average molecular weight is 660 g/mol. The standard InChI is InChI=1S/C36H43N2O8Si/c1-34(2,3)46-32-31(40)29(45-36(32,47(6)7)38-22-21-30(39)37-33(38)41)23-44-35(24-11-9-8-10-12-24,25-13-17-27(42-4)18-14-25)26-15-19-28(43-5)20-16-26/h8-22,29,31-32,40H,23H2,1-7H3,(H,37,39,41)/t29-,31-,32-,36+/m1/s1. The minimum absolute atomic E-state index is 0.0763. The number of ether oxygens (including phenoxy) is 5. The number of aromatic nitrogens is 2. The zero-order valence-electron chi connectivity index (χ0n) is 27.9. The largest absolute Gasteiger partial charge is 0.497 e. The number of nitrogens with zero attached hydrogens (tertiary/aromatic N) is 1. The summed E-state index contributed by atoms with van der Waals surface area (Å²) in [4.78, 5) is 27.7. The van der Waals surface area contributed by atoms with Gasteiger partial charge in [-0.15, -0.1) is 0 Å². The van der Waals surface area contributed by atoms with Crippen LogP contribution in [0.2, 0.25) is 13.1 Å². The van der Waals surface area contributed by atoms with E-state index in [1.807, 2.05) is 113 Å². The van der Waals surface area contributed by atoms with Crippen molar-refractivity contribution in [2.45, 2.75) is 68.7 Å². The van der Waals surface area contributed by atoms with Gasteiger partial charge in [-0.1, -0.05) is 67.7 Å². The number of hydrogen-bond acceptors (Lipinski definition) is 8. The molecule has 1 aliphatic rings. The van der Waals surface area contributed by atoms with Crippen LogP contribution in [0, 0.1) is 0 Å². The maximum atomic E-state index is 13.3. The van der Waals surface area contributed by atoms with Crippen LogP contribution in [0.4, 0.5) is 0 Å². The third-order valence-corrected chi connectivity index (χ3v) is 10.5. The molecule has 1 radical (unpaired) electrons. The van der Waals surface area contributed by atoms with E-state index in [4.69, 9.17) is 23.7 Å². The highest BCUT2D eigenvalue weighted by atomic mass is 28.3. The van der Waals surface area contributed by atoms with Crippen molar-refractivity contribution in [1.82, 2.24) is 9.55 Å². The Labute approximate surface area is 276 Å². The van der Waals surface area contributed by atoms with E-state index in [1.54, 1.807) is 14.2 Å². The maximum Gasteiger partial charge on any atom is 0.330 e. The summed E-state index contributed by atoms with van der Waals surface area (Å²) in [6.07, 6.45) is -1.64. The first-order valence-corrected chi connectivity index (χ1v) is 18.0. The van der Waals surface area contributed by atoms with Gasteiger partial charge in [-0.2, -0.15) is 0 Å². The molecule has 4 atom stereocenters. The Morgan fingerprint density at radius 3 is 1.85 bits per heavy atom. The van der Waals surface area contributed by atoms with Crippen molar-refractivity contribution in [2.75, 3.05) is 20.8 Å². The van der Waals surface area contributed by atoms with Gasteiger partial charge in [0.2, 0.25) is 0 Å². The van der Waals surface area contributed by atoms with E-state index in [9.17, 15) is 14.7 Å². The van der Waals surface area contributed by atoms with Crippen LogP contribution in [-0.2, 0) is 25.2 Å². The van der Waals surface area contributed by atoms with Crippen LogP contribution < -0.4 is 20.7 Å². The molecular formula is C36H43N2O8Si. The fourth-order valence-corrected chi connectivity index (χ4v) is 8.10. The molecule has 11 heteroatoms. The quantitative estimate of drug-likeness (QED) is 0.179. The molecule has 249 valence electrons. The number of hydrogen-bond donors (Lipinski definition) is 2. The van der Waals surface area contributed by atoms with E-state index in [1.165, 1.54) is 16.8 Å². The van der Waals surface area contributed by atoms with Gasteiger partial charge < -0.3 is 28.8 Å².